The second-order valence-electron chi connectivity index (χ2n) is 6.42. The maximum atomic E-state index is 12.7. The average Bonchev–Trinajstić information content (AvgIpc) is 2.62. The first-order valence-electron chi connectivity index (χ1n) is 8.49. The Bertz CT molecular complexity index is 763. The van der Waals surface area contributed by atoms with Crippen molar-refractivity contribution in [3.8, 4) is 5.75 Å². The van der Waals surface area contributed by atoms with Gasteiger partial charge in [0.05, 0.1) is 0 Å². The quantitative estimate of drug-likeness (QED) is 0.901. The van der Waals surface area contributed by atoms with E-state index in [9.17, 15) is 14.7 Å². The molecule has 0 radical (unpaired) electrons. The zero-order valence-electron chi connectivity index (χ0n) is 14.2. The lowest BCUT2D eigenvalue weighted by Crippen LogP contribution is -2.37. The van der Waals surface area contributed by atoms with Crippen molar-refractivity contribution in [3.63, 3.8) is 0 Å². The molecule has 2 aromatic carbocycles. The highest BCUT2D eigenvalue weighted by Gasteiger charge is 2.24. The molecule has 0 bridgehead atoms. The third-order valence-corrected chi connectivity index (χ3v) is 4.58. The molecule has 2 N–H and O–H groups in total. The van der Waals surface area contributed by atoms with Crippen molar-refractivity contribution >= 4 is 17.5 Å². The van der Waals surface area contributed by atoms with E-state index in [0.717, 1.165) is 12.8 Å². The maximum Gasteiger partial charge on any atom is 0.253 e. The van der Waals surface area contributed by atoms with Gasteiger partial charge in [0.15, 0.2) is 0 Å². The van der Waals surface area contributed by atoms with Crippen LogP contribution in [0.1, 0.15) is 41.6 Å². The largest absolute Gasteiger partial charge is 0.508 e. The van der Waals surface area contributed by atoms with Gasteiger partial charge in [0.2, 0.25) is 5.91 Å². The second-order valence-corrected chi connectivity index (χ2v) is 6.42. The molecule has 130 valence electrons. The number of phenols is 1. The summed E-state index contributed by atoms with van der Waals surface area (Å²) in [5.41, 5.74) is 2.43. The third-order valence-electron chi connectivity index (χ3n) is 4.58. The van der Waals surface area contributed by atoms with E-state index in [0.29, 0.717) is 30.3 Å². The summed E-state index contributed by atoms with van der Waals surface area (Å²) >= 11 is 0. The SMILES string of the molecule is CC(=O)Nc1cccc(C(=O)N2CCC(c3ccc(O)cc3)CC2)c1. The van der Waals surface area contributed by atoms with Gasteiger partial charge in [-0.2, -0.15) is 0 Å². The van der Waals surface area contributed by atoms with E-state index in [1.54, 1.807) is 36.4 Å². The molecule has 0 atom stereocenters. The average molecular weight is 338 g/mol. The van der Waals surface area contributed by atoms with Crippen molar-refractivity contribution in [2.75, 3.05) is 18.4 Å². The summed E-state index contributed by atoms with van der Waals surface area (Å²) in [4.78, 5) is 25.7. The van der Waals surface area contributed by atoms with Gasteiger partial charge in [-0.15, -0.1) is 0 Å². The summed E-state index contributed by atoms with van der Waals surface area (Å²) in [7, 11) is 0. The smallest absolute Gasteiger partial charge is 0.253 e. The van der Waals surface area contributed by atoms with Crippen molar-refractivity contribution in [2.24, 2.45) is 0 Å². The first kappa shape index (κ1) is 17.0. The first-order valence-corrected chi connectivity index (χ1v) is 8.49. The summed E-state index contributed by atoms with van der Waals surface area (Å²) in [6.07, 6.45) is 1.81. The van der Waals surface area contributed by atoms with Crippen LogP contribution in [-0.2, 0) is 4.79 Å². The summed E-state index contributed by atoms with van der Waals surface area (Å²) in [6.45, 7) is 2.85. The molecular formula is C20H22N2O3. The lowest BCUT2D eigenvalue weighted by molar-refractivity contribution is -0.114. The fourth-order valence-corrected chi connectivity index (χ4v) is 3.28. The minimum Gasteiger partial charge on any atom is -0.508 e. The molecular weight excluding hydrogens is 316 g/mol. The van der Waals surface area contributed by atoms with Crippen LogP contribution in [0.15, 0.2) is 48.5 Å². The molecule has 5 nitrogen and oxygen atoms in total. The number of likely N-dealkylation sites (tertiary alicyclic amines) is 1. The molecule has 1 aliphatic heterocycles. The highest BCUT2D eigenvalue weighted by atomic mass is 16.3. The number of hydrogen-bond donors (Lipinski definition) is 2. The van der Waals surface area contributed by atoms with Gasteiger partial charge in [0, 0.05) is 31.3 Å². The predicted octanol–water partition coefficient (Wildman–Crippen LogP) is 3.37. The molecule has 25 heavy (non-hydrogen) atoms. The molecule has 1 saturated heterocycles. The Labute approximate surface area is 147 Å². The molecule has 1 fully saturated rings. The molecule has 0 spiro atoms. The van der Waals surface area contributed by atoms with Gasteiger partial charge >= 0.3 is 0 Å². The van der Waals surface area contributed by atoms with Crippen LogP contribution >= 0.6 is 0 Å². The Kier molecular flexibility index (Phi) is 5.03. The van der Waals surface area contributed by atoms with Crippen molar-refractivity contribution < 1.29 is 14.7 Å². The van der Waals surface area contributed by atoms with Crippen LogP contribution in [0.2, 0.25) is 0 Å². The molecule has 0 saturated carbocycles. The Balaban J connectivity index is 1.63. The van der Waals surface area contributed by atoms with E-state index in [4.69, 9.17) is 0 Å². The van der Waals surface area contributed by atoms with Crippen molar-refractivity contribution in [2.45, 2.75) is 25.7 Å². The molecule has 5 heteroatoms. The summed E-state index contributed by atoms with van der Waals surface area (Å²) in [5.74, 6) is 0.529. The van der Waals surface area contributed by atoms with Crippen LogP contribution in [0.25, 0.3) is 0 Å². The summed E-state index contributed by atoms with van der Waals surface area (Å²) in [6, 6.07) is 14.4. The summed E-state index contributed by atoms with van der Waals surface area (Å²) in [5, 5.41) is 12.1. The lowest BCUT2D eigenvalue weighted by Gasteiger charge is -2.32. The fourth-order valence-electron chi connectivity index (χ4n) is 3.28. The summed E-state index contributed by atoms with van der Waals surface area (Å²) < 4.78 is 0. The van der Waals surface area contributed by atoms with E-state index in [1.807, 2.05) is 17.0 Å². The highest BCUT2D eigenvalue weighted by molar-refractivity contribution is 5.96. The van der Waals surface area contributed by atoms with E-state index < -0.39 is 0 Å². The van der Waals surface area contributed by atoms with Gasteiger partial charge in [0.1, 0.15) is 5.75 Å². The third kappa shape index (κ3) is 4.18. The minimum absolute atomic E-state index is 0.00337. The number of hydrogen-bond acceptors (Lipinski definition) is 3. The zero-order valence-corrected chi connectivity index (χ0v) is 14.2. The number of aromatic hydroxyl groups is 1. The normalized spacial score (nSPS) is 15.0. The van der Waals surface area contributed by atoms with Crippen LogP contribution in [-0.4, -0.2) is 34.9 Å². The van der Waals surface area contributed by atoms with Gasteiger partial charge in [-0.25, -0.2) is 0 Å². The molecule has 3 rings (SSSR count). The Morgan fingerprint density at radius 1 is 1.08 bits per heavy atom. The standard InChI is InChI=1S/C20H22N2O3/c1-14(23)21-18-4-2-3-17(13-18)20(25)22-11-9-16(10-12-22)15-5-7-19(24)8-6-15/h2-8,13,16,24H,9-12H2,1H3,(H,21,23). The van der Waals surface area contributed by atoms with Crippen LogP contribution in [0, 0.1) is 0 Å². The molecule has 1 heterocycles. The number of piperidine rings is 1. The Hall–Kier alpha value is -2.82. The highest BCUT2D eigenvalue weighted by Crippen LogP contribution is 2.29. The van der Waals surface area contributed by atoms with E-state index in [1.165, 1.54) is 12.5 Å². The number of carbonyl (C=O) groups excluding carboxylic acids is 2. The monoisotopic (exact) mass is 338 g/mol. The van der Waals surface area contributed by atoms with Crippen LogP contribution < -0.4 is 5.32 Å². The van der Waals surface area contributed by atoms with Crippen LogP contribution in [0.3, 0.4) is 0 Å². The Morgan fingerprint density at radius 3 is 2.40 bits per heavy atom. The number of nitrogens with one attached hydrogen (secondary N) is 1. The van der Waals surface area contributed by atoms with E-state index >= 15 is 0 Å². The molecule has 0 aliphatic carbocycles. The predicted molar refractivity (Wildman–Crippen MR) is 96.7 cm³/mol. The van der Waals surface area contributed by atoms with Gasteiger partial charge in [0.25, 0.3) is 5.91 Å². The second kappa shape index (κ2) is 7.38. The number of rotatable bonds is 3. The van der Waals surface area contributed by atoms with E-state index in [-0.39, 0.29) is 17.6 Å². The van der Waals surface area contributed by atoms with Gasteiger partial charge in [-0.05, 0) is 54.7 Å². The molecule has 1 aliphatic rings. The number of nitrogens with zero attached hydrogens (tertiary/aromatic N) is 1. The number of phenolic OH excluding ortho intramolecular Hbond substituents is 1. The molecule has 2 aromatic rings. The maximum absolute atomic E-state index is 12.7. The van der Waals surface area contributed by atoms with Crippen molar-refractivity contribution in [1.29, 1.82) is 0 Å². The fraction of sp³-hybridized carbons (Fsp3) is 0.300. The van der Waals surface area contributed by atoms with Crippen LogP contribution in [0.4, 0.5) is 5.69 Å². The molecule has 0 unspecified atom stereocenters. The first-order chi connectivity index (χ1) is 12.0. The number of anilines is 1. The molecule has 2 amide bonds. The van der Waals surface area contributed by atoms with Gasteiger partial charge < -0.3 is 15.3 Å². The number of carbonyl (C=O) groups is 2. The lowest BCUT2D eigenvalue weighted by atomic mass is 9.89. The van der Waals surface area contributed by atoms with Gasteiger partial charge in [-0.3, -0.25) is 9.59 Å². The van der Waals surface area contributed by atoms with Crippen molar-refractivity contribution in [1.82, 2.24) is 4.90 Å². The number of amides is 2. The number of benzene rings is 2. The van der Waals surface area contributed by atoms with Gasteiger partial charge in [-0.1, -0.05) is 18.2 Å². The van der Waals surface area contributed by atoms with Crippen LogP contribution in [0.5, 0.6) is 5.75 Å². The van der Waals surface area contributed by atoms with E-state index in [2.05, 4.69) is 5.32 Å². The zero-order chi connectivity index (χ0) is 17.8. The van der Waals surface area contributed by atoms with Crippen molar-refractivity contribution in [3.05, 3.63) is 59.7 Å². The molecule has 0 aromatic heterocycles. The topological polar surface area (TPSA) is 69.6 Å². The Morgan fingerprint density at radius 2 is 1.76 bits per heavy atom. The minimum atomic E-state index is -0.153.